The zero-order valence-corrected chi connectivity index (χ0v) is 20.4. The van der Waals surface area contributed by atoms with Crippen LogP contribution in [0.15, 0.2) is 48.5 Å². The number of alkyl halides is 1. The highest BCUT2D eigenvalue weighted by atomic mass is 127. The van der Waals surface area contributed by atoms with Crippen molar-refractivity contribution in [3.8, 4) is 16.2 Å². The fourth-order valence-electron chi connectivity index (χ4n) is 3.78. The number of thiophene rings is 1. The molecule has 0 atom stereocenters. The molecule has 4 rings (SSSR count). The molecule has 3 aromatic rings. The van der Waals surface area contributed by atoms with Gasteiger partial charge >= 0.3 is 0 Å². The quantitative estimate of drug-likeness (QED) is 0.316. The molecule has 2 heterocycles. The smallest absolute Gasteiger partial charge is 0.268 e. The number of nitrogens with zero attached hydrogens (tertiary/aromatic N) is 2. The number of hydrogen-bond donors (Lipinski definition) is 0. The number of fused-ring (bicyclic) bond motifs is 3. The minimum absolute atomic E-state index is 0.0390. The molecule has 156 valence electrons. The first-order valence-electron chi connectivity index (χ1n) is 9.93. The van der Waals surface area contributed by atoms with Gasteiger partial charge in [-0.1, -0.05) is 46.9 Å². The van der Waals surface area contributed by atoms with Gasteiger partial charge in [-0.25, -0.2) is 0 Å². The van der Waals surface area contributed by atoms with E-state index in [0.717, 1.165) is 44.1 Å². The predicted octanol–water partition coefficient (Wildman–Crippen LogP) is 5.62. The Morgan fingerprint density at radius 3 is 2.70 bits per heavy atom. The summed E-state index contributed by atoms with van der Waals surface area (Å²) in [5, 5.41) is 0. The molecule has 0 N–H and O–H groups in total. The SMILES string of the molecule is CN(C)Cc1ccc2c(c1)OCCc1cc(C(=O)N(C)c3ccccc3CI)sc1-2. The lowest BCUT2D eigenvalue weighted by Gasteiger charge is -2.19. The van der Waals surface area contributed by atoms with E-state index in [1.54, 1.807) is 16.2 Å². The van der Waals surface area contributed by atoms with Crippen LogP contribution in [0.1, 0.15) is 26.4 Å². The summed E-state index contributed by atoms with van der Waals surface area (Å²) in [5.41, 5.74) is 5.64. The summed E-state index contributed by atoms with van der Waals surface area (Å²) in [7, 11) is 5.99. The molecule has 1 aliphatic heterocycles. The number of halogens is 1. The normalized spacial score (nSPS) is 12.7. The third kappa shape index (κ3) is 4.26. The molecule has 1 aromatic heterocycles. The Labute approximate surface area is 195 Å². The molecule has 0 unspecified atom stereocenters. The van der Waals surface area contributed by atoms with E-state index in [4.69, 9.17) is 4.74 Å². The van der Waals surface area contributed by atoms with Gasteiger partial charge in [0.25, 0.3) is 5.91 Å². The summed E-state index contributed by atoms with van der Waals surface area (Å²) in [4.78, 5) is 19.1. The first kappa shape index (κ1) is 21.3. The summed E-state index contributed by atoms with van der Waals surface area (Å²) in [6, 6.07) is 16.6. The number of para-hydroxylation sites is 1. The second-order valence-electron chi connectivity index (χ2n) is 7.76. The van der Waals surface area contributed by atoms with Crippen LogP contribution in [-0.4, -0.2) is 38.6 Å². The second-order valence-corrected chi connectivity index (χ2v) is 9.57. The van der Waals surface area contributed by atoms with E-state index in [-0.39, 0.29) is 5.91 Å². The molecule has 0 bridgehead atoms. The Hall–Kier alpha value is -1.90. The number of amides is 1. The van der Waals surface area contributed by atoms with Crippen LogP contribution in [-0.2, 0) is 17.4 Å². The van der Waals surface area contributed by atoms with E-state index in [0.29, 0.717) is 6.61 Å². The largest absolute Gasteiger partial charge is 0.493 e. The number of rotatable bonds is 5. The first-order valence-corrected chi connectivity index (χ1v) is 12.3. The predicted molar refractivity (Wildman–Crippen MR) is 133 cm³/mol. The summed E-state index contributed by atoms with van der Waals surface area (Å²) < 4.78 is 6.92. The molecule has 0 saturated carbocycles. The molecule has 0 fully saturated rings. The van der Waals surface area contributed by atoms with Crippen molar-refractivity contribution in [3.63, 3.8) is 0 Å². The molecule has 2 aromatic carbocycles. The van der Waals surface area contributed by atoms with E-state index in [2.05, 4.69) is 71.9 Å². The fourth-order valence-corrected chi connectivity index (χ4v) is 5.64. The van der Waals surface area contributed by atoms with Gasteiger partial charge in [-0.05, 0) is 55.1 Å². The number of ether oxygens (including phenoxy) is 1. The monoisotopic (exact) mass is 532 g/mol. The maximum atomic E-state index is 13.3. The van der Waals surface area contributed by atoms with Crippen molar-refractivity contribution in [1.82, 2.24) is 4.90 Å². The number of benzene rings is 2. The van der Waals surface area contributed by atoms with E-state index in [9.17, 15) is 4.79 Å². The van der Waals surface area contributed by atoms with Crippen LogP contribution in [0, 0.1) is 0 Å². The lowest BCUT2D eigenvalue weighted by Crippen LogP contribution is -2.26. The van der Waals surface area contributed by atoms with Gasteiger partial charge in [0.05, 0.1) is 11.5 Å². The van der Waals surface area contributed by atoms with Crippen LogP contribution in [0.5, 0.6) is 5.75 Å². The van der Waals surface area contributed by atoms with Crippen LogP contribution in [0.25, 0.3) is 10.4 Å². The van der Waals surface area contributed by atoms with Crippen LogP contribution in [0.4, 0.5) is 5.69 Å². The Kier molecular flexibility index (Phi) is 6.46. The molecule has 0 radical (unpaired) electrons. The fraction of sp³-hybridized carbons (Fsp3) is 0.292. The molecule has 0 aliphatic carbocycles. The van der Waals surface area contributed by atoms with Gasteiger partial charge in [0.15, 0.2) is 0 Å². The minimum atomic E-state index is 0.0390. The summed E-state index contributed by atoms with van der Waals surface area (Å²) in [6.45, 7) is 1.50. The van der Waals surface area contributed by atoms with Crippen molar-refractivity contribution < 1.29 is 9.53 Å². The lowest BCUT2D eigenvalue weighted by atomic mass is 10.1. The summed E-state index contributed by atoms with van der Waals surface area (Å²) >= 11 is 3.91. The Bertz CT molecular complexity index is 1080. The van der Waals surface area contributed by atoms with E-state index >= 15 is 0 Å². The number of anilines is 1. The highest BCUT2D eigenvalue weighted by molar-refractivity contribution is 14.1. The second kappa shape index (κ2) is 9.08. The van der Waals surface area contributed by atoms with Gasteiger partial charge in [-0.15, -0.1) is 11.3 Å². The highest BCUT2D eigenvalue weighted by Crippen LogP contribution is 2.41. The van der Waals surface area contributed by atoms with Crippen LogP contribution >= 0.6 is 33.9 Å². The molecule has 6 heteroatoms. The maximum absolute atomic E-state index is 13.3. The summed E-state index contributed by atoms with van der Waals surface area (Å²) in [6.07, 6.45) is 0.810. The Morgan fingerprint density at radius 2 is 1.93 bits per heavy atom. The Balaban J connectivity index is 1.67. The lowest BCUT2D eigenvalue weighted by molar-refractivity contribution is 0.0996. The minimum Gasteiger partial charge on any atom is -0.493 e. The maximum Gasteiger partial charge on any atom is 0.268 e. The van der Waals surface area contributed by atoms with E-state index in [1.807, 2.05) is 25.2 Å². The number of hydrogen-bond acceptors (Lipinski definition) is 4. The van der Waals surface area contributed by atoms with Gasteiger partial charge in [-0.3, -0.25) is 4.79 Å². The highest BCUT2D eigenvalue weighted by Gasteiger charge is 2.24. The van der Waals surface area contributed by atoms with Crippen LogP contribution in [0.2, 0.25) is 0 Å². The van der Waals surface area contributed by atoms with Crippen molar-refractivity contribution in [2.75, 3.05) is 32.6 Å². The average molecular weight is 532 g/mol. The summed E-state index contributed by atoms with van der Waals surface area (Å²) in [5.74, 6) is 0.953. The van der Waals surface area contributed by atoms with E-state index < -0.39 is 0 Å². The third-order valence-electron chi connectivity index (χ3n) is 5.24. The van der Waals surface area contributed by atoms with Gasteiger partial charge in [0, 0.05) is 40.6 Å². The first-order chi connectivity index (χ1) is 14.5. The molecule has 1 amide bonds. The molecule has 30 heavy (non-hydrogen) atoms. The zero-order chi connectivity index (χ0) is 21.3. The van der Waals surface area contributed by atoms with Crippen molar-refractivity contribution in [2.24, 2.45) is 0 Å². The molecule has 0 spiro atoms. The molecule has 4 nitrogen and oxygen atoms in total. The van der Waals surface area contributed by atoms with Crippen LogP contribution in [0.3, 0.4) is 0 Å². The van der Waals surface area contributed by atoms with E-state index in [1.165, 1.54) is 16.7 Å². The van der Waals surface area contributed by atoms with Gasteiger partial charge in [0.2, 0.25) is 0 Å². The molecule has 0 saturated heterocycles. The van der Waals surface area contributed by atoms with Crippen molar-refractivity contribution in [2.45, 2.75) is 17.4 Å². The van der Waals surface area contributed by atoms with Gasteiger partial charge in [-0.2, -0.15) is 0 Å². The molecular weight excluding hydrogens is 507 g/mol. The zero-order valence-electron chi connectivity index (χ0n) is 17.4. The topological polar surface area (TPSA) is 32.8 Å². The van der Waals surface area contributed by atoms with Crippen LogP contribution < -0.4 is 9.64 Å². The van der Waals surface area contributed by atoms with Crippen molar-refractivity contribution >= 4 is 45.5 Å². The van der Waals surface area contributed by atoms with Gasteiger partial charge in [0.1, 0.15) is 5.75 Å². The average Bonchev–Trinajstić information content (AvgIpc) is 3.09. The van der Waals surface area contributed by atoms with Crippen molar-refractivity contribution in [1.29, 1.82) is 0 Å². The number of carbonyl (C=O) groups excluding carboxylic acids is 1. The van der Waals surface area contributed by atoms with Crippen molar-refractivity contribution in [3.05, 3.63) is 70.1 Å². The third-order valence-corrected chi connectivity index (χ3v) is 7.26. The molecular formula is C24H25IN2O2S. The standard InChI is InChI=1S/C24H25IN2O2S/c1-26(2)15-16-8-9-19-21(12-16)29-11-10-17-13-22(30-23(17)19)24(28)27(3)20-7-5-4-6-18(20)14-25/h4-9,12-13H,10-11,14-15H2,1-3H3. The Morgan fingerprint density at radius 1 is 1.13 bits per heavy atom. The molecule has 1 aliphatic rings. The van der Waals surface area contributed by atoms with Gasteiger partial charge < -0.3 is 14.5 Å². The number of carbonyl (C=O) groups is 1.